The van der Waals surface area contributed by atoms with Gasteiger partial charge in [-0.15, -0.1) is 0 Å². The summed E-state index contributed by atoms with van der Waals surface area (Å²) in [7, 11) is 1.38. The van der Waals surface area contributed by atoms with Crippen molar-refractivity contribution in [2.75, 3.05) is 20.3 Å². The first-order valence-corrected chi connectivity index (χ1v) is 5.98. The predicted molar refractivity (Wildman–Crippen MR) is 68.7 cm³/mol. The van der Waals surface area contributed by atoms with Gasteiger partial charge in [-0.3, -0.25) is 0 Å². The van der Waals surface area contributed by atoms with Crippen LogP contribution in [0, 0.1) is 0 Å². The zero-order valence-electron chi connectivity index (χ0n) is 11.3. The Bertz CT molecular complexity index is 487. The lowest BCUT2D eigenvalue weighted by Gasteiger charge is -2.16. The summed E-state index contributed by atoms with van der Waals surface area (Å²) in [5.41, 5.74) is 0. The van der Waals surface area contributed by atoms with Crippen LogP contribution in [0.5, 0.6) is 11.5 Å². The lowest BCUT2D eigenvalue weighted by molar-refractivity contribution is -0.172. The fourth-order valence-corrected chi connectivity index (χ4v) is 1.33. The average molecular weight is 300 g/mol. The first-order chi connectivity index (χ1) is 10.0. The zero-order chi connectivity index (χ0) is 15.8. The molecule has 1 rings (SSSR count). The molecule has 0 bridgehead atoms. The van der Waals surface area contributed by atoms with Crippen molar-refractivity contribution in [3.05, 3.63) is 24.3 Å². The molecule has 0 amide bonds. The smallest absolute Gasteiger partial charge is 0.355 e. The Hall–Kier alpha value is -2.16. The van der Waals surface area contributed by atoms with E-state index in [0.717, 1.165) is 0 Å². The molecule has 0 fully saturated rings. The molecule has 0 saturated carbocycles. The van der Waals surface area contributed by atoms with Gasteiger partial charge in [0.1, 0.15) is 0 Å². The van der Waals surface area contributed by atoms with E-state index < -0.39 is 37.4 Å². The number of carbonyl (C=O) groups is 2. The summed E-state index contributed by atoms with van der Waals surface area (Å²) in [5.74, 6) is -1.92. The fraction of sp³-hybridized carbons (Fsp3) is 0.385. The number of rotatable bonds is 7. The van der Waals surface area contributed by atoms with Crippen molar-refractivity contribution in [1.29, 1.82) is 0 Å². The molecular formula is C13H16O8. The van der Waals surface area contributed by atoms with Gasteiger partial charge in [0.05, 0.1) is 20.3 Å². The van der Waals surface area contributed by atoms with Crippen LogP contribution in [0.2, 0.25) is 0 Å². The quantitative estimate of drug-likeness (QED) is 0.426. The van der Waals surface area contributed by atoms with E-state index in [1.165, 1.54) is 13.2 Å². The molecule has 0 radical (unpaired) electrons. The van der Waals surface area contributed by atoms with Crippen molar-refractivity contribution in [2.24, 2.45) is 0 Å². The topological polar surface area (TPSA) is 123 Å². The number of para-hydroxylation sites is 2. The van der Waals surface area contributed by atoms with Gasteiger partial charge in [-0.2, -0.15) is 0 Å². The Kier molecular flexibility index (Phi) is 6.60. The summed E-state index contributed by atoms with van der Waals surface area (Å²) in [6.45, 7) is -1.70. The maximum Gasteiger partial charge on any atom is 0.355 e. The Morgan fingerprint density at radius 2 is 1.71 bits per heavy atom. The van der Waals surface area contributed by atoms with Gasteiger partial charge >= 0.3 is 11.9 Å². The molecule has 0 aliphatic carbocycles. The maximum atomic E-state index is 11.8. The van der Waals surface area contributed by atoms with Gasteiger partial charge in [0, 0.05) is 0 Å². The normalized spacial score (nSPS) is 13.1. The van der Waals surface area contributed by atoms with Crippen LogP contribution in [0.4, 0.5) is 0 Å². The van der Waals surface area contributed by atoms with Crippen LogP contribution in [0.1, 0.15) is 0 Å². The first-order valence-electron chi connectivity index (χ1n) is 5.98. The number of methoxy groups -OCH3 is 1. The van der Waals surface area contributed by atoms with Gasteiger partial charge in [-0.05, 0) is 12.1 Å². The number of esters is 2. The molecule has 1 aromatic carbocycles. The molecule has 2 atom stereocenters. The standard InChI is InChI=1S/C13H16O8/c1-19-9-4-2-3-5-10(9)20-13(18)11(7-15)21-12(17)8(16)6-14/h2-5,8,11,14-16H,6-7H2,1H3. The second kappa shape index (κ2) is 8.20. The largest absolute Gasteiger partial charge is 0.493 e. The van der Waals surface area contributed by atoms with Crippen LogP contribution in [-0.2, 0) is 14.3 Å². The van der Waals surface area contributed by atoms with Crippen molar-refractivity contribution in [3.63, 3.8) is 0 Å². The molecule has 0 aliphatic rings. The third kappa shape index (κ3) is 4.71. The molecule has 0 heterocycles. The van der Waals surface area contributed by atoms with Gasteiger partial charge < -0.3 is 29.5 Å². The number of aliphatic hydroxyl groups is 3. The molecule has 0 saturated heterocycles. The Morgan fingerprint density at radius 3 is 2.24 bits per heavy atom. The number of carbonyl (C=O) groups excluding carboxylic acids is 2. The van der Waals surface area contributed by atoms with E-state index in [4.69, 9.17) is 24.8 Å². The van der Waals surface area contributed by atoms with Crippen LogP contribution in [-0.4, -0.2) is 59.8 Å². The van der Waals surface area contributed by atoms with Crippen LogP contribution in [0.3, 0.4) is 0 Å². The van der Waals surface area contributed by atoms with Gasteiger partial charge in [-0.1, -0.05) is 12.1 Å². The highest BCUT2D eigenvalue weighted by Crippen LogP contribution is 2.26. The molecule has 3 N–H and O–H groups in total. The monoisotopic (exact) mass is 300 g/mol. The lowest BCUT2D eigenvalue weighted by Crippen LogP contribution is -2.38. The summed E-state index contributed by atoms with van der Waals surface area (Å²) in [6, 6.07) is 6.27. The van der Waals surface area contributed by atoms with Gasteiger partial charge in [-0.25, -0.2) is 9.59 Å². The number of ether oxygens (including phenoxy) is 3. The number of benzene rings is 1. The number of hydrogen-bond donors (Lipinski definition) is 3. The summed E-state index contributed by atoms with van der Waals surface area (Å²) >= 11 is 0. The molecule has 116 valence electrons. The number of hydrogen-bond acceptors (Lipinski definition) is 8. The van der Waals surface area contributed by atoms with E-state index in [2.05, 4.69) is 4.74 Å². The zero-order valence-corrected chi connectivity index (χ0v) is 11.3. The van der Waals surface area contributed by atoms with E-state index in [-0.39, 0.29) is 11.5 Å². The molecule has 2 unspecified atom stereocenters. The highest BCUT2D eigenvalue weighted by molar-refractivity contribution is 5.83. The molecule has 0 spiro atoms. The minimum atomic E-state index is -1.79. The van der Waals surface area contributed by atoms with Crippen molar-refractivity contribution >= 4 is 11.9 Å². The average Bonchev–Trinajstić information content (AvgIpc) is 2.51. The van der Waals surface area contributed by atoms with E-state index in [0.29, 0.717) is 0 Å². The van der Waals surface area contributed by atoms with E-state index >= 15 is 0 Å². The van der Waals surface area contributed by atoms with Gasteiger partial charge in [0.15, 0.2) is 17.6 Å². The Labute approximate surface area is 120 Å². The summed E-state index contributed by atoms with van der Waals surface area (Å²) in [5, 5.41) is 26.7. The SMILES string of the molecule is COc1ccccc1OC(=O)C(CO)OC(=O)C(O)CO. The third-order valence-electron chi connectivity index (χ3n) is 2.41. The summed E-state index contributed by atoms with van der Waals surface area (Å²) in [4.78, 5) is 23.0. The molecular weight excluding hydrogens is 284 g/mol. The highest BCUT2D eigenvalue weighted by Gasteiger charge is 2.28. The van der Waals surface area contributed by atoms with Crippen LogP contribution in [0.15, 0.2) is 24.3 Å². The molecule has 0 aliphatic heterocycles. The second-order valence-corrected chi connectivity index (χ2v) is 3.88. The van der Waals surface area contributed by atoms with Gasteiger partial charge in [0.2, 0.25) is 6.10 Å². The van der Waals surface area contributed by atoms with Crippen LogP contribution >= 0.6 is 0 Å². The van der Waals surface area contributed by atoms with Gasteiger partial charge in [0.25, 0.3) is 0 Å². The van der Waals surface area contributed by atoms with Crippen molar-refractivity contribution < 1.29 is 39.1 Å². The lowest BCUT2D eigenvalue weighted by atomic mass is 10.3. The Morgan fingerprint density at radius 1 is 1.10 bits per heavy atom. The first kappa shape index (κ1) is 16.9. The summed E-state index contributed by atoms with van der Waals surface area (Å²) < 4.78 is 14.5. The van der Waals surface area contributed by atoms with Crippen LogP contribution < -0.4 is 9.47 Å². The molecule has 8 nitrogen and oxygen atoms in total. The van der Waals surface area contributed by atoms with E-state index in [1.54, 1.807) is 18.2 Å². The minimum absolute atomic E-state index is 0.0854. The minimum Gasteiger partial charge on any atom is -0.493 e. The van der Waals surface area contributed by atoms with E-state index in [9.17, 15) is 9.59 Å². The van der Waals surface area contributed by atoms with Crippen LogP contribution in [0.25, 0.3) is 0 Å². The van der Waals surface area contributed by atoms with Crippen molar-refractivity contribution in [1.82, 2.24) is 0 Å². The van der Waals surface area contributed by atoms with Crippen molar-refractivity contribution in [2.45, 2.75) is 12.2 Å². The predicted octanol–water partition coefficient (Wildman–Crippen LogP) is -1.14. The number of aliphatic hydroxyl groups excluding tert-OH is 3. The fourth-order valence-electron chi connectivity index (χ4n) is 1.33. The maximum absolute atomic E-state index is 11.8. The highest BCUT2D eigenvalue weighted by atomic mass is 16.6. The summed E-state index contributed by atoms with van der Waals surface area (Å²) in [6.07, 6.45) is -3.42. The Balaban J connectivity index is 2.73. The third-order valence-corrected chi connectivity index (χ3v) is 2.41. The molecule has 1 aromatic rings. The molecule has 0 aromatic heterocycles. The second-order valence-electron chi connectivity index (χ2n) is 3.88. The van der Waals surface area contributed by atoms with E-state index in [1.807, 2.05) is 0 Å². The molecule has 21 heavy (non-hydrogen) atoms. The van der Waals surface area contributed by atoms with Crippen molar-refractivity contribution in [3.8, 4) is 11.5 Å². The molecule has 8 heteroatoms.